The van der Waals surface area contributed by atoms with Crippen LogP contribution in [-0.4, -0.2) is 63.0 Å². The molecule has 2 saturated heterocycles. The molecule has 35 heavy (non-hydrogen) atoms. The Morgan fingerprint density at radius 1 is 1.06 bits per heavy atom. The van der Waals surface area contributed by atoms with E-state index in [-0.39, 0.29) is 28.5 Å². The number of aromatic amines is 1. The average Bonchev–Trinajstić information content (AvgIpc) is 3.48. The van der Waals surface area contributed by atoms with Crippen molar-refractivity contribution in [2.75, 3.05) is 19.6 Å². The zero-order valence-electron chi connectivity index (χ0n) is 20.6. The number of amides is 3. The summed E-state index contributed by atoms with van der Waals surface area (Å²) in [5.41, 5.74) is 3.20. The number of aromatic nitrogens is 2. The van der Waals surface area contributed by atoms with Gasteiger partial charge in [0.25, 0.3) is 0 Å². The molecule has 2 aliphatic rings. The van der Waals surface area contributed by atoms with Crippen LogP contribution in [0.15, 0.2) is 54.6 Å². The molecule has 3 amide bonds. The fourth-order valence-electron chi connectivity index (χ4n) is 5.78. The highest BCUT2D eigenvalue weighted by atomic mass is 16.2. The third-order valence-corrected chi connectivity index (χ3v) is 7.87. The van der Waals surface area contributed by atoms with Gasteiger partial charge in [-0.15, -0.1) is 0 Å². The number of urea groups is 1. The summed E-state index contributed by atoms with van der Waals surface area (Å²) in [6.45, 7) is 5.50. The average molecular weight is 475 g/mol. The van der Waals surface area contributed by atoms with Crippen LogP contribution in [0.4, 0.5) is 4.79 Å². The van der Waals surface area contributed by atoms with E-state index >= 15 is 0 Å². The number of quaternary nitrogens is 1. The van der Waals surface area contributed by atoms with Crippen LogP contribution in [-0.2, 0) is 17.8 Å². The number of benzene rings is 2. The summed E-state index contributed by atoms with van der Waals surface area (Å²) in [6, 6.07) is 18.4. The van der Waals surface area contributed by atoms with E-state index in [9.17, 15) is 9.59 Å². The first-order valence-corrected chi connectivity index (χ1v) is 13.0. The highest BCUT2D eigenvalue weighted by Gasteiger charge is 2.52. The number of carbonyl (C=O) groups is 2. The number of likely N-dealkylation sites (tertiary alicyclic amines) is 2. The molecular weight excluding hydrogens is 438 g/mol. The Hall–Kier alpha value is -3.03. The molecule has 1 aromatic heterocycles. The summed E-state index contributed by atoms with van der Waals surface area (Å²) in [4.78, 5) is 37.5. The van der Waals surface area contributed by atoms with Gasteiger partial charge >= 0.3 is 11.9 Å². The topological polar surface area (TPSA) is 78.1 Å². The van der Waals surface area contributed by atoms with Crippen LogP contribution >= 0.6 is 0 Å². The lowest BCUT2D eigenvalue weighted by molar-refractivity contribution is -0.785. The quantitative estimate of drug-likeness (QED) is 0.519. The van der Waals surface area contributed by atoms with Gasteiger partial charge in [-0.3, -0.25) is 4.90 Å². The van der Waals surface area contributed by atoms with Crippen molar-refractivity contribution in [1.82, 2.24) is 20.2 Å². The minimum Gasteiger partial charge on any atom is -0.342 e. The molecule has 0 saturated carbocycles. The molecule has 5 rings (SSSR count). The number of aryl methyl sites for hydroxylation is 1. The molecule has 2 aromatic carbocycles. The SMILES string of the molecule is C[C@@H]1CCC[N+]1(C(=O)CCc1nc2ccccc2[nH]1)C(=O)NC1CCN(Cc2ccccc2)CC1. The fraction of sp³-hybridized carbons (Fsp3) is 0.464. The van der Waals surface area contributed by atoms with Crippen molar-refractivity contribution in [2.24, 2.45) is 0 Å². The summed E-state index contributed by atoms with van der Waals surface area (Å²) >= 11 is 0. The van der Waals surface area contributed by atoms with Crippen molar-refractivity contribution in [3.05, 3.63) is 66.0 Å². The predicted octanol–water partition coefficient (Wildman–Crippen LogP) is 4.40. The number of nitrogens with one attached hydrogen (secondary N) is 2. The van der Waals surface area contributed by atoms with Crippen LogP contribution < -0.4 is 5.32 Å². The lowest BCUT2D eigenvalue weighted by atomic mass is 10.0. The molecule has 2 atom stereocenters. The Balaban J connectivity index is 1.19. The second kappa shape index (κ2) is 10.3. The molecule has 0 spiro atoms. The summed E-state index contributed by atoms with van der Waals surface area (Å²) in [7, 11) is 0. The number of hydrogen-bond acceptors (Lipinski definition) is 4. The largest absolute Gasteiger partial charge is 0.424 e. The second-order valence-electron chi connectivity index (χ2n) is 10.2. The molecule has 0 bridgehead atoms. The van der Waals surface area contributed by atoms with E-state index in [4.69, 9.17) is 0 Å². The molecule has 7 heteroatoms. The zero-order valence-corrected chi connectivity index (χ0v) is 20.6. The standard InChI is InChI=1S/C28H35N5O2/c1-21-8-7-19-33(21,27(34)14-13-26-30-24-11-5-6-12-25(24)31-26)28(35)29-23-15-17-32(18-16-23)20-22-9-3-2-4-10-22/h2-6,9-12,21,23H,7-8,13-20H2,1H3,(H-,29,30,31,35)/p+1/t21-,33?/m1/s1. The number of fused-ring (bicyclic) bond motifs is 1. The van der Waals surface area contributed by atoms with Gasteiger partial charge in [-0.05, 0) is 37.5 Å². The highest BCUT2D eigenvalue weighted by Crippen LogP contribution is 2.30. The van der Waals surface area contributed by atoms with E-state index in [1.54, 1.807) is 0 Å². The Kier molecular flexibility index (Phi) is 6.97. The fourth-order valence-corrected chi connectivity index (χ4v) is 5.78. The molecule has 2 N–H and O–H groups in total. The van der Waals surface area contributed by atoms with Crippen molar-refractivity contribution in [1.29, 1.82) is 0 Å². The van der Waals surface area contributed by atoms with Gasteiger partial charge in [-0.1, -0.05) is 42.5 Å². The maximum atomic E-state index is 13.6. The lowest BCUT2D eigenvalue weighted by Crippen LogP contribution is -2.64. The van der Waals surface area contributed by atoms with Crippen molar-refractivity contribution in [3.63, 3.8) is 0 Å². The van der Waals surface area contributed by atoms with E-state index < -0.39 is 0 Å². The third-order valence-electron chi connectivity index (χ3n) is 7.87. The predicted molar refractivity (Wildman–Crippen MR) is 137 cm³/mol. The molecule has 0 radical (unpaired) electrons. The molecule has 2 aliphatic heterocycles. The van der Waals surface area contributed by atoms with Gasteiger partial charge in [0, 0.05) is 44.9 Å². The summed E-state index contributed by atoms with van der Waals surface area (Å²) in [5, 5.41) is 3.28. The van der Waals surface area contributed by atoms with E-state index in [0.29, 0.717) is 19.4 Å². The van der Waals surface area contributed by atoms with Crippen LogP contribution in [0.2, 0.25) is 0 Å². The van der Waals surface area contributed by atoms with Crippen LogP contribution in [0, 0.1) is 0 Å². The minimum absolute atomic E-state index is 0.00877. The van der Waals surface area contributed by atoms with Gasteiger partial charge in [0.2, 0.25) is 0 Å². The molecule has 1 unspecified atom stereocenters. The van der Waals surface area contributed by atoms with Crippen molar-refractivity contribution < 1.29 is 14.1 Å². The molecular formula is C28H36N5O2+. The Bertz CT molecular complexity index is 1140. The number of piperidine rings is 1. The minimum atomic E-state index is -0.105. The van der Waals surface area contributed by atoms with Gasteiger partial charge < -0.3 is 10.3 Å². The number of hydrogen-bond donors (Lipinski definition) is 2. The molecule has 184 valence electrons. The first kappa shape index (κ1) is 23.7. The molecule has 2 fully saturated rings. The first-order chi connectivity index (χ1) is 17.0. The molecule has 3 aromatic rings. The molecule has 0 aliphatic carbocycles. The smallest absolute Gasteiger partial charge is 0.342 e. The Morgan fingerprint density at radius 3 is 2.51 bits per heavy atom. The van der Waals surface area contributed by atoms with Crippen molar-refractivity contribution in [3.8, 4) is 0 Å². The summed E-state index contributed by atoms with van der Waals surface area (Å²) < 4.78 is -0.0650. The van der Waals surface area contributed by atoms with Gasteiger partial charge in [-0.2, -0.15) is 4.48 Å². The van der Waals surface area contributed by atoms with E-state index in [1.165, 1.54) is 5.56 Å². The number of imide groups is 1. The molecule has 3 heterocycles. The monoisotopic (exact) mass is 474 g/mol. The second-order valence-corrected chi connectivity index (χ2v) is 10.2. The zero-order chi connectivity index (χ0) is 24.3. The Morgan fingerprint density at radius 2 is 1.80 bits per heavy atom. The Labute approximate surface area is 207 Å². The van der Waals surface area contributed by atoms with Crippen LogP contribution in [0.5, 0.6) is 0 Å². The van der Waals surface area contributed by atoms with Gasteiger partial charge in [0.05, 0.1) is 24.0 Å². The van der Waals surface area contributed by atoms with Crippen molar-refractivity contribution in [2.45, 2.75) is 64.1 Å². The third kappa shape index (κ3) is 5.02. The number of H-pyrrole nitrogens is 1. The van der Waals surface area contributed by atoms with Gasteiger partial charge in [0.15, 0.2) is 0 Å². The van der Waals surface area contributed by atoms with E-state index in [0.717, 1.165) is 62.2 Å². The maximum Gasteiger partial charge on any atom is 0.424 e. The van der Waals surface area contributed by atoms with E-state index in [2.05, 4.69) is 44.5 Å². The van der Waals surface area contributed by atoms with Crippen LogP contribution in [0.1, 0.15) is 50.4 Å². The summed E-state index contributed by atoms with van der Waals surface area (Å²) in [6.07, 6.45) is 4.47. The molecule has 7 nitrogen and oxygen atoms in total. The first-order valence-electron chi connectivity index (χ1n) is 13.0. The number of imidazole rings is 1. The van der Waals surface area contributed by atoms with Crippen LogP contribution in [0.25, 0.3) is 11.0 Å². The normalized spacial score (nSPS) is 23.5. The van der Waals surface area contributed by atoms with Gasteiger partial charge in [-0.25, -0.2) is 14.6 Å². The van der Waals surface area contributed by atoms with E-state index in [1.807, 2.05) is 37.3 Å². The number of rotatable bonds is 6. The van der Waals surface area contributed by atoms with Gasteiger partial charge in [0.1, 0.15) is 11.9 Å². The maximum absolute atomic E-state index is 13.6. The highest BCUT2D eigenvalue weighted by molar-refractivity contribution is 5.84. The summed E-state index contributed by atoms with van der Waals surface area (Å²) in [5.74, 6) is 0.810. The van der Waals surface area contributed by atoms with Crippen molar-refractivity contribution >= 4 is 23.0 Å². The lowest BCUT2D eigenvalue weighted by Gasteiger charge is -2.37. The number of carbonyl (C=O) groups excluding carboxylic acids is 2. The number of para-hydroxylation sites is 2. The number of nitrogens with zero attached hydrogens (tertiary/aromatic N) is 3. The van der Waals surface area contributed by atoms with Crippen LogP contribution in [0.3, 0.4) is 0 Å².